The summed E-state index contributed by atoms with van der Waals surface area (Å²) in [6.07, 6.45) is 1.25. The molecule has 8 heteroatoms. The van der Waals surface area contributed by atoms with E-state index in [1.165, 1.54) is 24.5 Å². The molecule has 0 spiro atoms. The summed E-state index contributed by atoms with van der Waals surface area (Å²) in [6, 6.07) is 5.04. The quantitative estimate of drug-likeness (QED) is 0.333. The fourth-order valence-corrected chi connectivity index (χ4v) is 1.38. The molecule has 0 saturated heterocycles. The zero-order valence-electron chi connectivity index (χ0n) is 9.50. The van der Waals surface area contributed by atoms with Crippen LogP contribution in [0, 0.1) is 5.82 Å². The molecule has 0 aliphatic carbocycles. The molecule has 98 valence electrons. The molecule has 1 aromatic heterocycles. The van der Waals surface area contributed by atoms with Gasteiger partial charge in [-0.15, -0.1) is 0 Å². The van der Waals surface area contributed by atoms with Crippen molar-refractivity contribution in [2.24, 2.45) is 10.9 Å². The van der Waals surface area contributed by atoms with Crippen molar-refractivity contribution in [1.29, 1.82) is 0 Å². The Morgan fingerprint density at radius 3 is 2.89 bits per heavy atom. The molecule has 0 unspecified atom stereocenters. The summed E-state index contributed by atoms with van der Waals surface area (Å²) in [5, 5.41) is 17.2. The van der Waals surface area contributed by atoms with Crippen molar-refractivity contribution >= 4 is 17.4 Å². The van der Waals surface area contributed by atoms with Gasteiger partial charge >= 0.3 is 0 Å². The number of anilines is 1. The highest BCUT2D eigenvalue weighted by atomic mass is 19.1. The van der Waals surface area contributed by atoms with Crippen LogP contribution >= 0.6 is 0 Å². The van der Waals surface area contributed by atoms with Gasteiger partial charge in [0.25, 0.3) is 5.91 Å². The predicted molar refractivity (Wildman–Crippen MR) is 63.4 cm³/mol. The average molecular weight is 264 g/mol. The van der Waals surface area contributed by atoms with Crippen LogP contribution in [0.5, 0.6) is 0 Å². The van der Waals surface area contributed by atoms with Crippen molar-refractivity contribution in [3.63, 3.8) is 0 Å². The lowest BCUT2D eigenvalue weighted by molar-refractivity contribution is 0.101. The maximum atomic E-state index is 13.4. The second-order valence-corrected chi connectivity index (χ2v) is 3.52. The van der Waals surface area contributed by atoms with E-state index < -0.39 is 17.6 Å². The lowest BCUT2D eigenvalue weighted by Crippen LogP contribution is -2.17. The Balaban J connectivity index is 2.25. The normalized spacial score (nSPS) is 11.3. The average Bonchev–Trinajstić information content (AvgIpc) is 2.94. The van der Waals surface area contributed by atoms with Crippen LogP contribution in [-0.2, 0) is 0 Å². The van der Waals surface area contributed by atoms with Gasteiger partial charge in [-0.2, -0.15) is 0 Å². The molecule has 1 heterocycles. The van der Waals surface area contributed by atoms with Gasteiger partial charge in [0.15, 0.2) is 11.5 Å². The number of halogens is 1. The van der Waals surface area contributed by atoms with Gasteiger partial charge in [-0.25, -0.2) is 4.39 Å². The summed E-state index contributed by atoms with van der Waals surface area (Å²) in [5.41, 5.74) is 5.54. The van der Waals surface area contributed by atoms with Gasteiger partial charge in [-0.1, -0.05) is 10.3 Å². The minimum atomic E-state index is -0.672. The van der Waals surface area contributed by atoms with Crippen LogP contribution in [0.2, 0.25) is 0 Å². The lowest BCUT2D eigenvalue weighted by atomic mass is 10.1. The van der Waals surface area contributed by atoms with Crippen LogP contribution in [0.1, 0.15) is 16.1 Å². The summed E-state index contributed by atoms with van der Waals surface area (Å²) >= 11 is 0. The molecule has 0 atom stereocenters. The van der Waals surface area contributed by atoms with Crippen LogP contribution < -0.4 is 11.1 Å². The van der Waals surface area contributed by atoms with Crippen LogP contribution in [0.25, 0.3) is 0 Å². The molecule has 1 amide bonds. The van der Waals surface area contributed by atoms with E-state index in [1.807, 2.05) is 0 Å². The maximum absolute atomic E-state index is 13.4. The van der Waals surface area contributed by atoms with Gasteiger partial charge in [-0.05, 0) is 18.2 Å². The number of rotatable bonds is 3. The van der Waals surface area contributed by atoms with Gasteiger partial charge in [0.2, 0.25) is 0 Å². The first kappa shape index (κ1) is 12.6. The largest absolute Gasteiger partial charge is 0.409 e. The van der Waals surface area contributed by atoms with E-state index in [0.717, 1.165) is 6.07 Å². The number of hydrogen-bond acceptors (Lipinski definition) is 5. The Hall–Kier alpha value is -2.90. The Bertz CT molecular complexity index is 625. The van der Waals surface area contributed by atoms with Crippen molar-refractivity contribution in [3.8, 4) is 0 Å². The van der Waals surface area contributed by atoms with Gasteiger partial charge in [0, 0.05) is 11.8 Å². The highest BCUT2D eigenvalue weighted by molar-refractivity contribution is 6.04. The first-order valence-corrected chi connectivity index (χ1v) is 5.11. The number of carbonyl (C=O) groups excluding carboxylic acids is 1. The van der Waals surface area contributed by atoms with E-state index in [4.69, 9.17) is 10.9 Å². The third kappa shape index (κ3) is 2.68. The number of hydrogen-bond donors (Lipinski definition) is 3. The van der Waals surface area contributed by atoms with Crippen molar-refractivity contribution in [3.05, 3.63) is 47.6 Å². The molecular formula is C11H9FN4O3. The Morgan fingerprint density at radius 2 is 2.26 bits per heavy atom. The van der Waals surface area contributed by atoms with Crippen LogP contribution in [0.3, 0.4) is 0 Å². The molecule has 19 heavy (non-hydrogen) atoms. The Kier molecular flexibility index (Phi) is 3.42. The van der Waals surface area contributed by atoms with E-state index in [2.05, 4.69) is 20.2 Å². The smallest absolute Gasteiger partial charge is 0.277 e. The molecular weight excluding hydrogens is 255 g/mol. The fourth-order valence-electron chi connectivity index (χ4n) is 1.38. The van der Waals surface area contributed by atoms with Crippen molar-refractivity contribution in [2.75, 3.05) is 5.32 Å². The molecule has 0 fully saturated rings. The van der Waals surface area contributed by atoms with Gasteiger partial charge in [0.1, 0.15) is 12.1 Å². The van der Waals surface area contributed by atoms with E-state index >= 15 is 0 Å². The highest BCUT2D eigenvalue weighted by Gasteiger charge is 2.12. The van der Waals surface area contributed by atoms with Gasteiger partial charge < -0.3 is 20.8 Å². The topological polar surface area (TPSA) is 114 Å². The molecule has 0 saturated carbocycles. The molecule has 2 aromatic rings. The van der Waals surface area contributed by atoms with Crippen molar-refractivity contribution in [1.82, 2.24) is 5.16 Å². The van der Waals surface area contributed by atoms with Crippen LogP contribution in [-0.4, -0.2) is 22.1 Å². The zero-order valence-corrected chi connectivity index (χ0v) is 9.50. The Labute approximate surface area is 106 Å². The second-order valence-electron chi connectivity index (χ2n) is 3.52. The second kappa shape index (κ2) is 5.17. The summed E-state index contributed by atoms with van der Waals surface area (Å²) < 4.78 is 17.9. The van der Waals surface area contributed by atoms with Crippen molar-refractivity contribution in [2.45, 2.75) is 0 Å². The van der Waals surface area contributed by atoms with E-state index in [1.54, 1.807) is 0 Å². The standard InChI is InChI=1S/C11H9FN4O3/c12-8-2-1-6(5-7(8)10(13)15-18)14-11(17)9-3-4-19-16-9/h1-5,18H,(H2,13,15)(H,14,17). The summed E-state index contributed by atoms with van der Waals surface area (Å²) in [4.78, 5) is 11.7. The fraction of sp³-hybridized carbons (Fsp3) is 0. The number of benzene rings is 1. The van der Waals surface area contributed by atoms with E-state index in [9.17, 15) is 9.18 Å². The van der Waals surface area contributed by atoms with Gasteiger partial charge in [0.05, 0.1) is 5.56 Å². The highest BCUT2D eigenvalue weighted by Crippen LogP contribution is 2.15. The number of carbonyl (C=O) groups is 1. The minimum absolute atomic E-state index is 0.0784. The molecule has 1 aromatic carbocycles. The number of oxime groups is 1. The summed E-state index contributed by atoms with van der Waals surface area (Å²) in [5.74, 6) is -1.59. The number of aromatic nitrogens is 1. The number of nitrogens with one attached hydrogen (secondary N) is 1. The number of nitrogens with two attached hydrogens (primary N) is 1. The van der Waals surface area contributed by atoms with Crippen LogP contribution in [0.15, 0.2) is 40.2 Å². The molecule has 0 aliphatic heterocycles. The summed E-state index contributed by atoms with van der Waals surface area (Å²) in [6.45, 7) is 0. The van der Waals surface area contributed by atoms with Crippen LogP contribution in [0.4, 0.5) is 10.1 Å². The zero-order chi connectivity index (χ0) is 13.8. The first-order valence-electron chi connectivity index (χ1n) is 5.11. The third-order valence-electron chi connectivity index (χ3n) is 2.28. The number of nitrogens with zero attached hydrogens (tertiary/aromatic N) is 2. The van der Waals surface area contributed by atoms with E-state index in [0.29, 0.717) is 0 Å². The third-order valence-corrected chi connectivity index (χ3v) is 2.28. The monoisotopic (exact) mass is 264 g/mol. The maximum Gasteiger partial charge on any atom is 0.277 e. The molecule has 2 rings (SSSR count). The number of amidine groups is 1. The molecule has 7 nitrogen and oxygen atoms in total. The first-order chi connectivity index (χ1) is 9.11. The minimum Gasteiger partial charge on any atom is -0.409 e. The van der Waals surface area contributed by atoms with Gasteiger partial charge in [-0.3, -0.25) is 4.79 Å². The lowest BCUT2D eigenvalue weighted by Gasteiger charge is -2.06. The molecule has 0 bridgehead atoms. The molecule has 4 N–H and O–H groups in total. The SMILES string of the molecule is NC(=NO)c1cc(NC(=O)c2ccon2)ccc1F. The Morgan fingerprint density at radius 1 is 1.47 bits per heavy atom. The predicted octanol–water partition coefficient (Wildman–Crippen LogP) is 1.16. The van der Waals surface area contributed by atoms with Crippen molar-refractivity contribution < 1.29 is 18.9 Å². The molecule has 0 aliphatic rings. The summed E-state index contributed by atoms with van der Waals surface area (Å²) in [7, 11) is 0. The number of amides is 1. The molecule has 0 radical (unpaired) electrons. The van der Waals surface area contributed by atoms with E-state index in [-0.39, 0.29) is 16.9 Å².